The molecule has 2 rings (SSSR count). The number of halogens is 2. The molecule has 1 saturated heterocycles. The molecule has 0 radical (unpaired) electrons. The number of nitrogens with zero attached hydrogens (tertiary/aromatic N) is 1. The van der Waals surface area contributed by atoms with Crippen LogP contribution in [0, 0.1) is 9.49 Å². The second-order valence-corrected chi connectivity index (χ2v) is 6.32. The number of amides is 1. The minimum Gasteiger partial charge on any atom is -0.338 e. The summed E-state index contributed by atoms with van der Waals surface area (Å²) in [6.07, 6.45) is 2.34. The largest absolute Gasteiger partial charge is 0.338 e. The highest BCUT2D eigenvalue weighted by atomic mass is 127. The van der Waals surface area contributed by atoms with Crippen LogP contribution in [0.4, 0.5) is 0 Å². The van der Waals surface area contributed by atoms with E-state index in [1.165, 1.54) is 6.42 Å². The number of piperidine rings is 1. The Hall–Kier alpha value is -0.100. The van der Waals surface area contributed by atoms with E-state index < -0.39 is 0 Å². The molecule has 0 spiro atoms. The standard InChI is InChI=1S/C13H15BrINO/c14-8-10-3-2-6-16(9-10)13(17)11-4-1-5-12(15)7-11/h1,4-5,7,10H,2-3,6,8-9H2. The van der Waals surface area contributed by atoms with Crippen molar-refractivity contribution in [3.05, 3.63) is 33.4 Å². The molecule has 1 aromatic rings. The predicted octanol–water partition coefficient (Wildman–Crippen LogP) is 3.54. The van der Waals surface area contributed by atoms with Crippen LogP contribution in [0.15, 0.2) is 24.3 Å². The first-order valence-corrected chi connectivity index (χ1v) is 8.01. The molecule has 0 saturated carbocycles. The van der Waals surface area contributed by atoms with Gasteiger partial charge in [-0.3, -0.25) is 4.79 Å². The zero-order chi connectivity index (χ0) is 12.3. The maximum absolute atomic E-state index is 12.3. The van der Waals surface area contributed by atoms with E-state index in [2.05, 4.69) is 38.5 Å². The Morgan fingerprint density at radius 3 is 3.06 bits per heavy atom. The molecule has 1 aliphatic heterocycles. The summed E-state index contributed by atoms with van der Waals surface area (Å²) in [7, 11) is 0. The fourth-order valence-electron chi connectivity index (χ4n) is 2.18. The minimum absolute atomic E-state index is 0.175. The summed E-state index contributed by atoms with van der Waals surface area (Å²) in [6.45, 7) is 1.78. The van der Waals surface area contributed by atoms with Crippen molar-refractivity contribution < 1.29 is 4.79 Å². The smallest absolute Gasteiger partial charge is 0.253 e. The van der Waals surface area contributed by atoms with E-state index in [0.717, 1.165) is 34.0 Å². The number of carbonyl (C=O) groups excluding carboxylic acids is 1. The van der Waals surface area contributed by atoms with Crippen LogP contribution in [-0.2, 0) is 0 Å². The zero-order valence-electron chi connectivity index (χ0n) is 9.53. The quantitative estimate of drug-likeness (QED) is 0.542. The van der Waals surface area contributed by atoms with E-state index in [0.29, 0.717) is 5.92 Å². The molecule has 2 nitrogen and oxygen atoms in total. The van der Waals surface area contributed by atoms with Gasteiger partial charge >= 0.3 is 0 Å². The van der Waals surface area contributed by atoms with Gasteiger partial charge in [0.2, 0.25) is 0 Å². The molecule has 1 aliphatic rings. The second-order valence-electron chi connectivity index (χ2n) is 4.42. The van der Waals surface area contributed by atoms with Crippen molar-refractivity contribution in [1.82, 2.24) is 4.90 Å². The molecule has 0 N–H and O–H groups in total. The molecule has 0 bridgehead atoms. The Kier molecular flexibility index (Phi) is 4.85. The SMILES string of the molecule is O=C(c1cccc(I)c1)N1CCCC(CBr)C1. The average molecular weight is 408 g/mol. The summed E-state index contributed by atoms with van der Waals surface area (Å²) in [5.41, 5.74) is 0.812. The third-order valence-corrected chi connectivity index (χ3v) is 4.68. The van der Waals surface area contributed by atoms with Gasteiger partial charge in [0.05, 0.1) is 0 Å². The van der Waals surface area contributed by atoms with Gasteiger partial charge in [-0.1, -0.05) is 22.0 Å². The van der Waals surface area contributed by atoms with Gasteiger partial charge in [0, 0.05) is 27.6 Å². The summed E-state index contributed by atoms with van der Waals surface area (Å²) in [5.74, 6) is 0.782. The first-order valence-electron chi connectivity index (χ1n) is 5.81. The van der Waals surface area contributed by atoms with Crippen molar-refractivity contribution in [3.8, 4) is 0 Å². The Bertz CT molecular complexity index is 410. The number of carbonyl (C=O) groups is 1. The molecular formula is C13H15BrINO. The highest BCUT2D eigenvalue weighted by Gasteiger charge is 2.23. The summed E-state index contributed by atoms with van der Waals surface area (Å²) >= 11 is 5.76. The molecule has 4 heteroatoms. The van der Waals surface area contributed by atoms with Gasteiger partial charge in [0.1, 0.15) is 0 Å². The Morgan fingerprint density at radius 2 is 2.35 bits per heavy atom. The lowest BCUT2D eigenvalue weighted by Crippen LogP contribution is -2.40. The summed E-state index contributed by atoms with van der Waals surface area (Å²) in [6, 6.07) is 7.82. The molecule has 0 aliphatic carbocycles. The van der Waals surface area contributed by atoms with Gasteiger partial charge in [0.25, 0.3) is 5.91 Å². The lowest BCUT2D eigenvalue weighted by molar-refractivity contribution is 0.0686. The van der Waals surface area contributed by atoms with Crippen molar-refractivity contribution in [2.75, 3.05) is 18.4 Å². The Morgan fingerprint density at radius 1 is 1.53 bits per heavy atom. The molecule has 1 amide bonds. The van der Waals surface area contributed by atoms with Crippen LogP contribution in [0.5, 0.6) is 0 Å². The average Bonchev–Trinajstić information content (AvgIpc) is 2.38. The molecule has 0 aromatic heterocycles. The number of hydrogen-bond acceptors (Lipinski definition) is 1. The van der Waals surface area contributed by atoms with E-state index in [1.807, 2.05) is 29.2 Å². The van der Waals surface area contributed by atoms with Gasteiger partial charge in [-0.05, 0) is 59.5 Å². The van der Waals surface area contributed by atoms with Crippen molar-refractivity contribution in [2.24, 2.45) is 5.92 Å². The molecule has 17 heavy (non-hydrogen) atoms. The fourth-order valence-corrected chi connectivity index (χ4v) is 3.25. The molecule has 1 fully saturated rings. The van der Waals surface area contributed by atoms with Crippen LogP contribution in [0.3, 0.4) is 0 Å². The lowest BCUT2D eigenvalue weighted by Gasteiger charge is -2.32. The van der Waals surface area contributed by atoms with Crippen LogP contribution >= 0.6 is 38.5 Å². The third kappa shape index (κ3) is 3.44. The normalized spacial score (nSPS) is 20.4. The predicted molar refractivity (Wildman–Crippen MR) is 81.6 cm³/mol. The fraction of sp³-hybridized carbons (Fsp3) is 0.462. The summed E-state index contributed by atoms with van der Waals surface area (Å²) < 4.78 is 1.11. The number of hydrogen-bond donors (Lipinski definition) is 0. The van der Waals surface area contributed by atoms with E-state index in [1.54, 1.807) is 0 Å². The van der Waals surface area contributed by atoms with Gasteiger partial charge in [-0.2, -0.15) is 0 Å². The van der Waals surface area contributed by atoms with E-state index in [9.17, 15) is 4.79 Å². The lowest BCUT2D eigenvalue weighted by atomic mass is 9.99. The Labute approximate surface area is 124 Å². The molecule has 1 unspecified atom stereocenters. The van der Waals surface area contributed by atoms with Gasteiger partial charge in [-0.25, -0.2) is 0 Å². The number of likely N-dealkylation sites (tertiary alicyclic amines) is 1. The van der Waals surface area contributed by atoms with E-state index in [4.69, 9.17) is 0 Å². The van der Waals surface area contributed by atoms with Gasteiger partial charge in [0.15, 0.2) is 0 Å². The van der Waals surface area contributed by atoms with Crippen LogP contribution in [0.25, 0.3) is 0 Å². The van der Waals surface area contributed by atoms with Crippen molar-refractivity contribution in [2.45, 2.75) is 12.8 Å². The molecule has 92 valence electrons. The molecule has 1 aromatic carbocycles. The van der Waals surface area contributed by atoms with Gasteiger partial charge in [-0.15, -0.1) is 0 Å². The highest BCUT2D eigenvalue weighted by molar-refractivity contribution is 14.1. The van der Waals surface area contributed by atoms with E-state index in [-0.39, 0.29) is 5.91 Å². The first kappa shape index (κ1) is 13.3. The van der Waals surface area contributed by atoms with Crippen LogP contribution in [-0.4, -0.2) is 29.2 Å². The van der Waals surface area contributed by atoms with Crippen molar-refractivity contribution in [3.63, 3.8) is 0 Å². The van der Waals surface area contributed by atoms with Gasteiger partial charge < -0.3 is 4.90 Å². The highest BCUT2D eigenvalue weighted by Crippen LogP contribution is 2.20. The maximum Gasteiger partial charge on any atom is 0.253 e. The third-order valence-electron chi connectivity index (χ3n) is 3.10. The zero-order valence-corrected chi connectivity index (χ0v) is 13.3. The van der Waals surface area contributed by atoms with Crippen molar-refractivity contribution in [1.29, 1.82) is 0 Å². The van der Waals surface area contributed by atoms with Crippen LogP contribution in [0.2, 0.25) is 0 Å². The number of alkyl halides is 1. The molecule has 1 heterocycles. The molecule has 1 atom stereocenters. The monoisotopic (exact) mass is 407 g/mol. The minimum atomic E-state index is 0.175. The maximum atomic E-state index is 12.3. The number of rotatable bonds is 2. The summed E-state index contributed by atoms with van der Waals surface area (Å²) in [4.78, 5) is 14.3. The molecular weight excluding hydrogens is 393 g/mol. The van der Waals surface area contributed by atoms with Crippen LogP contribution < -0.4 is 0 Å². The first-order chi connectivity index (χ1) is 8.20. The van der Waals surface area contributed by atoms with Crippen LogP contribution in [0.1, 0.15) is 23.2 Å². The van der Waals surface area contributed by atoms with E-state index >= 15 is 0 Å². The van der Waals surface area contributed by atoms with Crippen molar-refractivity contribution >= 4 is 44.4 Å². The number of benzene rings is 1. The second kappa shape index (κ2) is 6.18. The topological polar surface area (TPSA) is 20.3 Å². The Balaban J connectivity index is 2.09. The summed E-state index contributed by atoms with van der Waals surface area (Å²) in [5, 5.41) is 0.989.